The van der Waals surface area contributed by atoms with Gasteiger partial charge in [0.05, 0.1) is 0 Å². The van der Waals surface area contributed by atoms with Crippen LogP contribution in [0.2, 0.25) is 5.02 Å². The Balaban J connectivity index is 1.50. The molecule has 1 amide bonds. The summed E-state index contributed by atoms with van der Waals surface area (Å²) in [5, 5.41) is 13.1. The zero-order valence-corrected chi connectivity index (χ0v) is 14.2. The molecule has 0 unspecified atom stereocenters. The fourth-order valence-electron chi connectivity index (χ4n) is 2.66. The zero-order chi connectivity index (χ0) is 16.1. The Morgan fingerprint density at radius 1 is 1.30 bits per heavy atom. The Hall–Kier alpha value is -1.66. The van der Waals surface area contributed by atoms with Gasteiger partial charge >= 0.3 is 0 Å². The Bertz CT molecular complexity index is 671. The van der Waals surface area contributed by atoms with E-state index in [4.69, 9.17) is 16.3 Å². The normalized spacial score (nSPS) is 15.3. The third kappa shape index (κ3) is 4.65. The fourth-order valence-corrected chi connectivity index (χ4v) is 3.77. The van der Waals surface area contributed by atoms with E-state index in [1.807, 2.05) is 0 Å². The molecule has 122 valence electrons. The maximum atomic E-state index is 11.9. The van der Waals surface area contributed by atoms with Crippen molar-refractivity contribution in [2.24, 2.45) is 0 Å². The van der Waals surface area contributed by atoms with Crippen LogP contribution in [-0.2, 0) is 4.79 Å². The number of benzene rings is 1. The summed E-state index contributed by atoms with van der Waals surface area (Å²) in [5.41, 5.74) is 0. The van der Waals surface area contributed by atoms with Gasteiger partial charge in [-0.2, -0.15) is 0 Å². The molecule has 1 fully saturated rings. The van der Waals surface area contributed by atoms with Gasteiger partial charge in [-0.15, -0.1) is 10.2 Å². The van der Waals surface area contributed by atoms with Gasteiger partial charge in [-0.05, 0) is 31.0 Å². The van der Waals surface area contributed by atoms with Crippen LogP contribution in [0.1, 0.15) is 43.0 Å². The van der Waals surface area contributed by atoms with Gasteiger partial charge in [0, 0.05) is 10.9 Å². The van der Waals surface area contributed by atoms with E-state index in [0.717, 1.165) is 5.01 Å². The van der Waals surface area contributed by atoms with Crippen molar-refractivity contribution in [1.82, 2.24) is 10.2 Å². The molecule has 0 bridgehead atoms. The van der Waals surface area contributed by atoms with Gasteiger partial charge in [-0.1, -0.05) is 48.3 Å². The topological polar surface area (TPSA) is 64.1 Å². The zero-order valence-electron chi connectivity index (χ0n) is 12.6. The molecule has 0 atom stereocenters. The number of anilines is 1. The Morgan fingerprint density at radius 2 is 2.13 bits per heavy atom. The van der Waals surface area contributed by atoms with Gasteiger partial charge < -0.3 is 4.74 Å². The highest BCUT2D eigenvalue weighted by atomic mass is 35.5. The Morgan fingerprint density at radius 3 is 2.91 bits per heavy atom. The quantitative estimate of drug-likeness (QED) is 0.874. The summed E-state index contributed by atoms with van der Waals surface area (Å²) < 4.78 is 5.40. The first-order chi connectivity index (χ1) is 11.2. The second kappa shape index (κ2) is 7.75. The molecule has 3 rings (SSSR count). The van der Waals surface area contributed by atoms with Crippen molar-refractivity contribution in [2.75, 3.05) is 11.9 Å². The van der Waals surface area contributed by atoms with E-state index in [-0.39, 0.29) is 12.5 Å². The molecule has 1 aromatic heterocycles. The molecule has 1 heterocycles. The number of hydrogen-bond acceptors (Lipinski definition) is 5. The number of aromatic nitrogens is 2. The lowest BCUT2D eigenvalue weighted by atomic mass is 9.90. The highest BCUT2D eigenvalue weighted by molar-refractivity contribution is 7.15. The number of nitrogens with one attached hydrogen (secondary N) is 1. The lowest BCUT2D eigenvalue weighted by molar-refractivity contribution is -0.118. The number of rotatable bonds is 5. The smallest absolute Gasteiger partial charge is 0.264 e. The van der Waals surface area contributed by atoms with Crippen molar-refractivity contribution in [3.05, 3.63) is 34.3 Å². The number of halogens is 1. The van der Waals surface area contributed by atoms with E-state index in [1.54, 1.807) is 24.3 Å². The van der Waals surface area contributed by atoms with Gasteiger partial charge in [0.15, 0.2) is 6.61 Å². The third-order valence-electron chi connectivity index (χ3n) is 3.81. The first kappa shape index (κ1) is 16.2. The van der Waals surface area contributed by atoms with Crippen molar-refractivity contribution in [3.63, 3.8) is 0 Å². The number of ether oxygens (including phenoxy) is 1. The summed E-state index contributed by atoms with van der Waals surface area (Å²) in [6.45, 7) is -0.0846. The van der Waals surface area contributed by atoms with Crippen molar-refractivity contribution >= 4 is 34.0 Å². The van der Waals surface area contributed by atoms with E-state index in [1.165, 1.54) is 43.4 Å². The maximum absolute atomic E-state index is 11.9. The molecule has 7 heteroatoms. The first-order valence-electron chi connectivity index (χ1n) is 7.72. The Labute approximate surface area is 144 Å². The van der Waals surface area contributed by atoms with Crippen LogP contribution in [0.4, 0.5) is 5.13 Å². The second-order valence-electron chi connectivity index (χ2n) is 5.57. The summed E-state index contributed by atoms with van der Waals surface area (Å²) in [4.78, 5) is 11.9. The minimum absolute atomic E-state index is 0.0846. The summed E-state index contributed by atoms with van der Waals surface area (Å²) in [6, 6.07) is 6.95. The number of hydrogen-bond donors (Lipinski definition) is 1. The van der Waals surface area contributed by atoms with Crippen molar-refractivity contribution in [1.29, 1.82) is 0 Å². The van der Waals surface area contributed by atoms with Crippen LogP contribution in [-0.4, -0.2) is 22.7 Å². The van der Waals surface area contributed by atoms with Crippen LogP contribution in [0.15, 0.2) is 24.3 Å². The minimum atomic E-state index is -0.253. The fraction of sp³-hybridized carbons (Fsp3) is 0.438. The molecule has 1 aliphatic rings. The standard InChI is InChI=1S/C16H18ClN3O2S/c17-12-7-4-8-13(9-12)22-10-14(21)18-16-20-19-15(23-16)11-5-2-1-3-6-11/h4,7-9,11H,1-3,5-6,10H2,(H,18,20,21). The van der Waals surface area contributed by atoms with E-state index in [9.17, 15) is 4.79 Å². The average molecular weight is 352 g/mol. The SMILES string of the molecule is O=C(COc1cccc(Cl)c1)Nc1nnc(C2CCCCC2)s1. The highest BCUT2D eigenvalue weighted by Gasteiger charge is 2.20. The minimum Gasteiger partial charge on any atom is -0.484 e. The number of carbonyl (C=O) groups is 1. The molecule has 1 saturated carbocycles. The van der Waals surface area contributed by atoms with Crippen molar-refractivity contribution in [3.8, 4) is 5.75 Å². The molecular formula is C16H18ClN3O2S. The molecule has 0 spiro atoms. The van der Waals surface area contributed by atoms with Gasteiger partial charge in [0.25, 0.3) is 5.91 Å². The van der Waals surface area contributed by atoms with E-state index in [0.29, 0.717) is 21.8 Å². The average Bonchev–Trinajstić information content (AvgIpc) is 3.02. The van der Waals surface area contributed by atoms with Gasteiger partial charge in [-0.25, -0.2) is 0 Å². The van der Waals surface area contributed by atoms with E-state index < -0.39 is 0 Å². The lowest BCUT2D eigenvalue weighted by Gasteiger charge is -2.18. The van der Waals surface area contributed by atoms with Crippen LogP contribution in [0.3, 0.4) is 0 Å². The van der Waals surface area contributed by atoms with Crippen LogP contribution in [0, 0.1) is 0 Å². The molecule has 1 aliphatic carbocycles. The highest BCUT2D eigenvalue weighted by Crippen LogP contribution is 2.35. The predicted octanol–water partition coefficient (Wildman–Crippen LogP) is 4.26. The predicted molar refractivity (Wildman–Crippen MR) is 91.3 cm³/mol. The van der Waals surface area contributed by atoms with Crippen molar-refractivity contribution < 1.29 is 9.53 Å². The maximum Gasteiger partial charge on any atom is 0.264 e. The van der Waals surface area contributed by atoms with Crippen molar-refractivity contribution in [2.45, 2.75) is 38.0 Å². The number of nitrogens with zero attached hydrogens (tertiary/aromatic N) is 2. The summed E-state index contributed by atoms with van der Waals surface area (Å²) >= 11 is 7.33. The molecule has 1 aromatic carbocycles. The molecule has 0 radical (unpaired) electrons. The largest absolute Gasteiger partial charge is 0.484 e. The van der Waals surface area contributed by atoms with Gasteiger partial charge in [0.1, 0.15) is 10.8 Å². The lowest BCUT2D eigenvalue weighted by Crippen LogP contribution is -2.20. The van der Waals surface area contributed by atoms with Crippen LogP contribution >= 0.6 is 22.9 Å². The molecule has 23 heavy (non-hydrogen) atoms. The van der Waals surface area contributed by atoms with E-state index in [2.05, 4.69) is 15.5 Å². The Kier molecular flexibility index (Phi) is 5.46. The summed E-state index contributed by atoms with van der Waals surface area (Å²) in [7, 11) is 0. The molecule has 0 aliphatic heterocycles. The summed E-state index contributed by atoms with van der Waals surface area (Å²) in [6.07, 6.45) is 6.14. The van der Waals surface area contributed by atoms with Gasteiger partial charge in [-0.3, -0.25) is 10.1 Å². The van der Waals surface area contributed by atoms with Crippen LogP contribution in [0.5, 0.6) is 5.75 Å². The number of carbonyl (C=O) groups excluding carboxylic acids is 1. The second-order valence-corrected chi connectivity index (χ2v) is 7.02. The first-order valence-corrected chi connectivity index (χ1v) is 8.92. The molecule has 5 nitrogen and oxygen atoms in total. The van der Waals surface area contributed by atoms with Crippen LogP contribution < -0.4 is 10.1 Å². The van der Waals surface area contributed by atoms with Crippen LogP contribution in [0.25, 0.3) is 0 Å². The molecule has 2 aromatic rings. The molecule has 1 N–H and O–H groups in total. The van der Waals surface area contributed by atoms with Gasteiger partial charge in [0.2, 0.25) is 5.13 Å². The molecular weight excluding hydrogens is 334 g/mol. The number of amides is 1. The van der Waals surface area contributed by atoms with E-state index >= 15 is 0 Å². The third-order valence-corrected chi connectivity index (χ3v) is 5.04. The molecule has 0 saturated heterocycles. The monoisotopic (exact) mass is 351 g/mol. The summed E-state index contributed by atoms with van der Waals surface area (Å²) in [5.74, 6) is 0.804.